The SMILES string of the molecule is O=C(COc1ccc(F)cc1)N1CCC2(CCCN(C(=O)Cc3ccc(Br)c(F)c3)C2)CC1. The third-order valence-corrected chi connectivity index (χ3v) is 7.35. The van der Waals surface area contributed by atoms with Gasteiger partial charge in [-0.1, -0.05) is 6.07 Å². The first-order valence-electron chi connectivity index (χ1n) is 11.2. The standard InChI is InChI=1S/C25H27BrF2N2O3/c26-21-7-2-18(14-22(21)28)15-23(31)30-11-1-8-25(17-30)9-12-29(13-10-25)24(32)16-33-20-5-3-19(27)4-6-20/h2-7,14H,1,8-13,15-17H2. The number of likely N-dealkylation sites (tertiary alicyclic amines) is 2. The Balaban J connectivity index is 1.28. The van der Waals surface area contributed by atoms with Crippen LogP contribution in [0.25, 0.3) is 0 Å². The van der Waals surface area contributed by atoms with Crippen LogP contribution in [0.2, 0.25) is 0 Å². The summed E-state index contributed by atoms with van der Waals surface area (Å²) in [5.41, 5.74) is 0.690. The van der Waals surface area contributed by atoms with Gasteiger partial charge in [-0.05, 0) is 89.0 Å². The number of hydrogen-bond acceptors (Lipinski definition) is 3. The summed E-state index contributed by atoms with van der Waals surface area (Å²) in [5, 5.41) is 0. The van der Waals surface area contributed by atoms with Gasteiger partial charge in [-0.2, -0.15) is 0 Å². The minimum Gasteiger partial charge on any atom is -0.484 e. The van der Waals surface area contributed by atoms with E-state index in [9.17, 15) is 18.4 Å². The quantitative estimate of drug-likeness (QED) is 0.579. The lowest BCUT2D eigenvalue weighted by atomic mass is 9.72. The van der Waals surface area contributed by atoms with Crippen molar-refractivity contribution in [3.05, 3.63) is 64.1 Å². The molecule has 0 radical (unpaired) electrons. The van der Waals surface area contributed by atoms with Crippen molar-refractivity contribution in [2.45, 2.75) is 32.1 Å². The van der Waals surface area contributed by atoms with Crippen LogP contribution in [0.4, 0.5) is 8.78 Å². The molecule has 2 aromatic rings. The zero-order chi connectivity index (χ0) is 23.4. The van der Waals surface area contributed by atoms with Crippen molar-refractivity contribution in [1.29, 1.82) is 0 Å². The maximum atomic E-state index is 13.8. The zero-order valence-corrected chi connectivity index (χ0v) is 20.0. The minimum absolute atomic E-state index is 0.0157. The molecule has 8 heteroatoms. The van der Waals surface area contributed by atoms with Gasteiger partial charge >= 0.3 is 0 Å². The molecule has 5 nitrogen and oxygen atoms in total. The Morgan fingerprint density at radius 3 is 2.36 bits per heavy atom. The molecule has 0 aliphatic carbocycles. The molecular weight excluding hydrogens is 494 g/mol. The average Bonchev–Trinajstić information content (AvgIpc) is 2.81. The van der Waals surface area contributed by atoms with Crippen LogP contribution in [-0.2, 0) is 16.0 Å². The number of carbonyl (C=O) groups excluding carboxylic acids is 2. The fraction of sp³-hybridized carbons (Fsp3) is 0.440. The van der Waals surface area contributed by atoms with Crippen molar-refractivity contribution in [2.24, 2.45) is 5.41 Å². The molecule has 0 bridgehead atoms. The summed E-state index contributed by atoms with van der Waals surface area (Å²) in [4.78, 5) is 29.2. The van der Waals surface area contributed by atoms with Crippen LogP contribution in [0.1, 0.15) is 31.2 Å². The molecule has 0 aromatic heterocycles. The van der Waals surface area contributed by atoms with E-state index in [4.69, 9.17) is 4.74 Å². The summed E-state index contributed by atoms with van der Waals surface area (Å²) in [6.45, 7) is 2.58. The van der Waals surface area contributed by atoms with Crippen LogP contribution in [0.15, 0.2) is 46.9 Å². The van der Waals surface area contributed by atoms with Gasteiger partial charge in [0.05, 0.1) is 10.9 Å². The Hall–Kier alpha value is -2.48. The topological polar surface area (TPSA) is 49.9 Å². The van der Waals surface area contributed by atoms with Crippen molar-refractivity contribution in [1.82, 2.24) is 9.80 Å². The lowest BCUT2D eigenvalue weighted by Crippen LogP contribution is -2.52. The van der Waals surface area contributed by atoms with E-state index in [2.05, 4.69) is 15.9 Å². The van der Waals surface area contributed by atoms with E-state index in [1.807, 2.05) is 4.90 Å². The van der Waals surface area contributed by atoms with Gasteiger partial charge in [-0.3, -0.25) is 9.59 Å². The molecule has 0 saturated carbocycles. The maximum Gasteiger partial charge on any atom is 0.260 e. The first-order valence-corrected chi connectivity index (χ1v) is 12.0. The maximum absolute atomic E-state index is 13.8. The van der Waals surface area contributed by atoms with Gasteiger partial charge in [0.2, 0.25) is 5.91 Å². The van der Waals surface area contributed by atoms with Gasteiger partial charge in [-0.15, -0.1) is 0 Å². The lowest BCUT2D eigenvalue weighted by Gasteiger charge is -2.47. The molecule has 2 heterocycles. The normalized spacial score (nSPS) is 17.8. The summed E-state index contributed by atoms with van der Waals surface area (Å²) in [7, 11) is 0. The molecular formula is C25H27BrF2N2O3. The number of amides is 2. The minimum atomic E-state index is -0.365. The van der Waals surface area contributed by atoms with Crippen LogP contribution >= 0.6 is 15.9 Å². The molecule has 2 fully saturated rings. The molecule has 2 amide bonds. The first-order chi connectivity index (χ1) is 15.8. The van der Waals surface area contributed by atoms with Gasteiger partial charge < -0.3 is 14.5 Å². The van der Waals surface area contributed by atoms with Crippen molar-refractivity contribution in [2.75, 3.05) is 32.8 Å². The van der Waals surface area contributed by atoms with Gasteiger partial charge in [0.15, 0.2) is 6.61 Å². The van der Waals surface area contributed by atoms with Gasteiger partial charge in [0, 0.05) is 26.2 Å². The second-order valence-electron chi connectivity index (χ2n) is 8.97. The molecule has 4 rings (SSSR count). The molecule has 0 N–H and O–H groups in total. The zero-order valence-electron chi connectivity index (χ0n) is 18.4. The van der Waals surface area contributed by atoms with Crippen LogP contribution in [0, 0.1) is 17.0 Å². The highest BCUT2D eigenvalue weighted by atomic mass is 79.9. The summed E-state index contributed by atoms with van der Waals surface area (Å²) < 4.78 is 32.7. The molecule has 2 saturated heterocycles. The smallest absolute Gasteiger partial charge is 0.260 e. The third kappa shape index (κ3) is 5.91. The Bertz CT molecular complexity index is 1010. The van der Waals surface area contributed by atoms with Gasteiger partial charge in [0.1, 0.15) is 17.4 Å². The fourth-order valence-electron chi connectivity index (χ4n) is 4.76. The van der Waals surface area contributed by atoms with E-state index in [0.29, 0.717) is 42.0 Å². The number of rotatable bonds is 5. The number of piperidine rings is 2. The number of halogens is 3. The number of nitrogens with zero attached hydrogens (tertiary/aromatic N) is 2. The molecule has 0 atom stereocenters. The monoisotopic (exact) mass is 520 g/mol. The van der Waals surface area contributed by atoms with Crippen molar-refractivity contribution in [3.8, 4) is 5.75 Å². The largest absolute Gasteiger partial charge is 0.484 e. The Kier molecular flexibility index (Phi) is 7.32. The molecule has 33 heavy (non-hydrogen) atoms. The molecule has 1 spiro atoms. The van der Waals surface area contributed by atoms with Crippen LogP contribution in [-0.4, -0.2) is 54.4 Å². The average molecular weight is 521 g/mol. The molecule has 2 aliphatic heterocycles. The second-order valence-corrected chi connectivity index (χ2v) is 9.82. The fourth-order valence-corrected chi connectivity index (χ4v) is 5.01. The highest BCUT2D eigenvalue weighted by Crippen LogP contribution is 2.40. The predicted molar refractivity (Wildman–Crippen MR) is 124 cm³/mol. The molecule has 2 aromatic carbocycles. The third-order valence-electron chi connectivity index (χ3n) is 6.71. The van der Waals surface area contributed by atoms with E-state index in [0.717, 1.165) is 25.7 Å². The van der Waals surface area contributed by atoms with E-state index in [1.165, 1.54) is 30.3 Å². The van der Waals surface area contributed by atoms with Crippen LogP contribution < -0.4 is 4.74 Å². The summed E-state index contributed by atoms with van der Waals surface area (Å²) in [6.07, 6.45) is 3.84. The Labute approximate surface area is 200 Å². The lowest BCUT2D eigenvalue weighted by molar-refractivity contribution is -0.140. The summed E-state index contributed by atoms with van der Waals surface area (Å²) in [6, 6.07) is 10.4. The molecule has 2 aliphatic rings. The number of carbonyl (C=O) groups is 2. The summed E-state index contributed by atoms with van der Waals surface area (Å²) >= 11 is 3.14. The Morgan fingerprint density at radius 2 is 1.67 bits per heavy atom. The molecule has 0 unspecified atom stereocenters. The number of ether oxygens (including phenoxy) is 1. The van der Waals surface area contributed by atoms with Crippen molar-refractivity contribution in [3.63, 3.8) is 0 Å². The van der Waals surface area contributed by atoms with Crippen molar-refractivity contribution >= 4 is 27.7 Å². The second kappa shape index (κ2) is 10.2. The Morgan fingerprint density at radius 1 is 0.939 bits per heavy atom. The van der Waals surface area contributed by atoms with E-state index < -0.39 is 0 Å². The summed E-state index contributed by atoms with van der Waals surface area (Å²) in [5.74, 6) is -0.322. The number of hydrogen-bond donors (Lipinski definition) is 0. The van der Waals surface area contributed by atoms with Crippen LogP contribution in [0.3, 0.4) is 0 Å². The predicted octanol–water partition coefficient (Wildman–Crippen LogP) is 4.58. The van der Waals surface area contributed by atoms with E-state index in [-0.39, 0.29) is 41.9 Å². The highest BCUT2D eigenvalue weighted by molar-refractivity contribution is 9.10. The first kappa shape index (κ1) is 23.7. The highest BCUT2D eigenvalue weighted by Gasteiger charge is 2.40. The molecule has 176 valence electrons. The van der Waals surface area contributed by atoms with Crippen LogP contribution in [0.5, 0.6) is 5.75 Å². The van der Waals surface area contributed by atoms with Gasteiger partial charge in [0.25, 0.3) is 5.91 Å². The van der Waals surface area contributed by atoms with E-state index in [1.54, 1.807) is 17.0 Å². The van der Waals surface area contributed by atoms with E-state index >= 15 is 0 Å². The van der Waals surface area contributed by atoms with Crippen molar-refractivity contribution < 1.29 is 23.1 Å². The van der Waals surface area contributed by atoms with Gasteiger partial charge in [-0.25, -0.2) is 8.78 Å². The number of benzene rings is 2.